The van der Waals surface area contributed by atoms with Gasteiger partial charge in [0.25, 0.3) is 0 Å². The van der Waals surface area contributed by atoms with Crippen molar-refractivity contribution in [2.75, 3.05) is 23.8 Å². The molecule has 7 nitrogen and oxygen atoms in total. The maximum absolute atomic E-state index is 14.3. The number of nitrogens with one attached hydrogen (secondary N) is 2. The summed E-state index contributed by atoms with van der Waals surface area (Å²) in [5, 5.41) is 12.6. The van der Waals surface area contributed by atoms with E-state index in [1.165, 1.54) is 22.0 Å². The van der Waals surface area contributed by atoms with Gasteiger partial charge in [0.2, 0.25) is 0 Å². The largest absolute Gasteiger partial charge is 0.382 e. The van der Waals surface area contributed by atoms with E-state index in [0.29, 0.717) is 5.69 Å². The van der Waals surface area contributed by atoms with Gasteiger partial charge in [0.15, 0.2) is 17.8 Å². The Bertz CT molecular complexity index is 1070. The summed E-state index contributed by atoms with van der Waals surface area (Å²) < 4.78 is 28.1. The maximum atomic E-state index is 14.3. The number of benzene rings is 1. The summed E-state index contributed by atoms with van der Waals surface area (Å²) in [5.41, 5.74) is 10.2. The van der Waals surface area contributed by atoms with Gasteiger partial charge >= 0.3 is 0 Å². The number of thiophene rings is 1. The normalized spacial score (nSPS) is 15.6. The molecule has 1 atom stereocenters. The van der Waals surface area contributed by atoms with E-state index in [2.05, 4.69) is 39.2 Å². The first kappa shape index (κ1) is 20.2. The highest BCUT2D eigenvalue weighted by Crippen LogP contribution is 2.37. The van der Waals surface area contributed by atoms with Crippen LogP contribution in [0.5, 0.6) is 0 Å². The highest BCUT2D eigenvalue weighted by Gasteiger charge is 2.30. The van der Waals surface area contributed by atoms with Crippen molar-refractivity contribution in [3.8, 4) is 10.4 Å². The molecule has 0 fully saturated rings. The minimum atomic E-state index is -0.971. The molecule has 3 aromatic rings. The number of hydrogen-bond donors (Lipinski definition) is 3. The number of hydrogen-bond acceptors (Lipinski definition) is 8. The van der Waals surface area contributed by atoms with Crippen LogP contribution < -0.4 is 21.6 Å². The zero-order valence-electron chi connectivity index (χ0n) is 16.3. The highest BCUT2D eigenvalue weighted by molar-refractivity contribution is 7.15. The molecular weight excluding hydrogens is 408 g/mol. The van der Waals surface area contributed by atoms with Crippen LogP contribution in [0, 0.1) is 11.6 Å². The molecule has 1 unspecified atom stereocenters. The second-order valence-electron chi connectivity index (χ2n) is 6.70. The number of pyridine rings is 1. The van der Waals surface area contributed by atoms with Gasteiger partial charge < -0.3 is 11.1 Å². The molecule has 0 spiro atoms. The fourth-order valence-corrected chi connectivity index (χ4v) is 4.18. The summed E-state index contributed by atoms with van der Waals surface area (Å²) in [5.74, 6) is -1.69. The highest BCUT2D eigenvalue weighted by atomic mass is 32.1. The first-order valence-corrected chi connectivity index (χ1v) is 10.3. The Morgan fingerprint density at radius 2 is 2.13 bits per heavy atom. The summed E-state index contributed by atoms with van der Waals surface area (Å²) in [6.45, 7) is 3.94. The number of aromatic nitrogens is 1. The third-order valence-corrected chi connectivity index (χ3v) is 5.92. The number of nitrogens with two attached hydrogens (primary N) is 1. The lowest BCUT2D eigenvalue weighted by molar-refractivity contribution is 0.486. The van der Waals surface area contributed by atoms with Gasteiger partial charge in [-0.2, -0.15) is 5.53 Å². The topological polar surface area (TPSA) is 90.9 Å². The average molecular weight is 430 g/mol. The Balaban J connectivity index is 1.63. The van der Waals surface area contributed by atoms with Crippen LogP contribution in [0.4, 0.5) is 20.3 Å². The lowest BCUT2D eigenvalue weighted by atomic mass is 10.1. The van der Waals surface area contributed by atoms with Gasteiger partial charge in [0.1, 0.15) is 11.5 Å². The lowest BCUT2D eigenvalue weighted by Crippen LogP contribution is -2.33. The van der Waals surface area contributed by atoms with E-state index in [9.17, 15) is 8.78 Å². The van der Waals surface area contributed by atoms with Crippen LogP contribution in [0.1, 0.15) is 23.5 Å². The zero-order chi connectivity index (χ0) is 21.1. The molecule has 4 N–H and O–H groups in total. The van der Waals surface area contributed by atoms with Crippen molar-refractivity contribution in [1.29, 1.82) is 0 Å². The van der Waals surface area contributed by atoms with Crippen molar-refractivity contribution in [2.45, 2.75) is 19.5 Å². The van der Waals surface area contributed by atoms with Gasteiger partial charge in [0, 0.05) is 27.1 Å². The Kier molecular flexibility index (Phi) is 5.86. The molecule has 4 rings (SSSR count). The molecule has 0 saturated heterocycles. The second kappa shape index (κ2) is 8.72. The molecule has 0 saturated carbocycles. The number of likely N-dealkylation sites (N-methyl/N-ethyl adjacent to an activating group) is 1. The molecule has 30 heavy (non-hydrogen) atoms. The van der Waals surface area contributed by atoms with Crippen LogP contribution in [0.15, 0.2) is 52.9 Å². The average Bonchev–Trinajstić information content (AvgIpc) is 3.41. The molecule has 0 radical (unpaired) electrons. The molecule has 1 aliphatic rings. The third kappa shape index (κ3) is 3.96. The molecule has 156 valence electrons. The summed E-state index contributed by atoms with van der Waals surface area (Å²) in [6, 6.07) is 9.93. The number of hydrazine groups is 1. The standard InChI is InChI=1S/C20H21F2N7S/c1-2-24-9-8-13-6-7-17(30-13)12-10-16(19(23)25-11-12)29-20(26-27-28-29)14-4-3-5-15(21)18(14)22/h3-7,10-11,20,24H,2,8-9H2,1H3,(H2,23,25)(H,26,28). The Hall–Kier alpha value is -3.11. The number of halogens is 2. The second-order valence-corrected chi connectivity index (χ2v) is 7.87. The molecule has 10 heteroatoms. The maximum Gasteiger partial charge on any atom is 0.192 e. The molecule has 2 aromatic heterocycles. The van der Waals surface area contributed by atoms with Crippen molar-refractivity contribution in [3.63, 3.8) is 0 Å². The fraction of sp³-hybridized carbons (Fsp3) is 0.250. The van der Waals surface area contributed by atoms with Gasteiger partial charge in [-0.1, -0.05) is 24.3 Å². The summed E-state index contributed by atoms with van der Waals surface area (Å²) in [7, 11) is 0. The summed E-state index contributed by atoms with van der Waals surface area (Å²) in [4.78, 5) is 6.59. The Labute approximate surface area is 176 Å². The molecule has 0 aliphatic carbocycles. The predicted octanol–water partition coefficient (Wildman–Crippen LogP) is 4.21. The van der Waals surface area contributed by atoms with E-state index in [-0.39, 0.29) is 11.4 Å². The van der Waals surface area contributed by atoms with E-state index in [0.717, 1.165) is 36.0 Å². The first-order valence-electron chi connectivity index (χ1n) is 9.52. The zero-order valence-corrected chi connectivity index (χ0v) is 17.1. The van der Waals surface area contributed by atoms with Crippen LogP contribution in [-0.4, -0.2) is 18.1 Å². The smallest absolute Gasteiger partial charge is 0.192 e. The molecule has 0 amide bonds. The van der Waals surface area contributed by atoms with Crippen molar-refractivity contribution in [2.24, 2.45) is 10.3 Å². The third-order valence-electron chi connectivity index (χ3n) is 4.73. The van der Waals surface area contributed by atoms with Crippen LogP contribution in [0.2, 0.25) is 0 Å². The van der Waals surface area contributed by atoms with Crippen molar-refractivity contribution in [1.82, 2.24) is 15.8 Å². The Morgan fingerprint density at radius 3 is 2.97 bits per heavy atom. The minimum Gasteiger partial charge on any atom is -0.382 e. The SMILES string of the molecule is CCNCCc1ccc(-c2cnc(N)c(N3NN=NC3c3cccc(F)c3F)c2)s1. The monoisotopic (exact) mass is 429 g/mol. The van der Waals surface area contributed by atoms with Gasteiger partial charge in [-0.05, 0) is 43.8 Å². The molecule has 1 aromatic carbocycles. The molecule has 1 aliphatic heterocycles. The van der Waals surface area contributed by atoms with Crippen molar-refractivity contribution >= 4 is 22.8 Å². The van der Waals surface area contributed by atoms with Crippen LogP contribution in [-0.2, 0) is 6.42 Å². The number of nitrogen functional groups attached to an aromatic ring is 1. The van der Waals surface area contributed by atoms with Gasteiger partial charge in [-0.25, -0.2) is 18.8 Å². The van der Waals surface area contributed by atoms with Crippen LogP contribution in [0.3, 0.4) is 0 Å². The number of nitrogens with zero attached hydrogens (tertiary/aromatic N) is 4. The molecule has 3 heterocycles. The first-order chi connectivity index (χ1) is 14.6. The quantitative estimate of drug-likeness (QED) is 0.490. The van der Waals surface area contributed by atoms with Crippen molar-refractivity contribution < 1.29 is 8.78 Å². The van der Waals surface area contributed by atoms with Crippen molar-refractivity contribution in [3.05, 3.63) is 64.7 Å². The fourth-order valence-electron chi connectivity index (χ4n) is 3.19. The van der Waals surface area contributed by atoms with E-state index in [4.69, 9.17) is 5.73 Å². The predicted molar refractivity (Wildman–Crippen MR) is 114 cm³/mol. The minimum absolute atomic E-state index is 0.0513. The summed E-state index contributed by atoms with van der Waals surface area (Å²) in [6.07, 6.45) is 1.74. The van der Waals surface area contributed by atoms with E-state index in [1.807, 2.05) is 12.1 Å². The summed E-state index contributed by atoms with van der Waals surface area (Å²) >= 11 is 1.68. The van der Waals surface area contributed by atoms with Crippen LogP contribution >= 0.6 is 11.3 Å². The molecule has 0 bridgehead atoms. The van der Waals surface area contributed by atoms with E-state index in [1.54, 1.807) is 17.5 Å². The number of anilines is 2. The van der Waals surface area contributed by atoms with E-state index < -0.39 is 17.8 Å². The van der Waals surface area contributed by atoms with Gasteiger partial charge in [0.05, 0.1) is 0 Å². The lowest BCUT2D eigenvalue weighted by Gasteiger charge is -2.24. The van der Waals surface area contributed by atoms with Gasteiger partial charge in [-0.3, -0.25) is 0 Å². The Morgan fingerprint density at radius 1 is 1.27 bits per heavy atom. The molecular formula is C20H21F2N7S. The van der Waals surface area contributed by atoms with Crippen LogP contribution in [0.25, 0.3) is 10.4 Å². The van der Waals surface area contributed by atoms with Gasteiger partial charge in [-0.15, -0.1) is 16.5 Å². The number of rotatable bonds is 7. The van der Waals surface area contributed by atoms with E-state index >= 15 is 0 Å².